The van der Waals surface area contributed by atoms with E-state index >= 15 is 0 Å². The van der Waals surface area contributed by atoms with Crippen LogP contribution in [0.4, 0.5) is 5.82 Å². The monoisotopic (exact) mass is 270 g/mol. The highest BCUT2D eigenvalue weighted by Crippen LogP contribution is 2.23. The van der Waals surface area contributed by atoms with Crippen molar-refractivity contribution in [2.45, 2.75) is 25.9 Å². The third-order valence-electron chi connectivity index (χ3n) is 4.02. The van der Waals surface area contributed by atoms with E-state index in [0.717, 1.165) is 55.9 Å². The van der Waals surface area contributed by atoms with E-state index in [2.05, 4.69) is 37.1 Å². The van der Waals surface area contributed by atoms with Crippen molar-refractivity contribution in [2.24, 2.45) is 0 Å². The molecule has 4 rings (SSSR count). The van der Waals surface area contributed by atoms with Crippen molar-refractivity contribution in [1.29, 1.82) is 0 Å². The van der Waals surface area contributed by atoms with E-state index in [-0.39, 0.29) is 0 Å². The molecule has 1 saturated heterocycles. The van der Waals surface area contributed by atoms with Crippen molar-refractivity contribution in [3.05, 3.63) is 24.0 Å². The van der Waals surface area contributed by atoms with Gasteiger partial charge in [0.15, 0.2) is 5.82 Å². The maximum atomic E-state index is 4.79. The standard InChI is InChI=1S/C14H18N6/c1-2-8-19(7-1)12-5-3-4-11(16-12)14-18-17-13-10-15-6-9-20(13)14/h3-5,15H,1-2,6-10H2. The van der Waals surface area contributed by atoms with Gasteiger partial charge in [-0.25, -0.2) is 4.98 Å². The Kier molecular flexibility index (Phi) is 2.88. The molecule has 2 aromatic rings. The summed E-state index contributed by atoms with van der Waals surface area (Å²) in [6.45, 7) is 4.88. The van der Waals surface area contributed by atoms with E-state index in [1.54, 1.807) is 0 Å². The smallest absolute Gasteiger partial charge is 0.182 e. The van der Waals surface area contributed by atoms with Gasteiger partial charge in [-0.05, 0) is 25.0 Å². The summed E-state index contributed by atoms with van der Waals surface area (Å²) < 4.78 is 2.17. The number of nitrogens with one attached hydrogen (secondary N) is 1. The molecule has 0 aromatic carbocycles. The van der Waals surface area contributed by atoms with Gasteiger partial charge in [0, 0.05) is 26.2 Å². The summed E-state index contributed by atoms with van der Waals surface area (Å²) in [5.41, 5.74) is 0.926. The summed E-state index contributed by atoms with van der Waals surface area (Å²) >= 11 is 0. The van der Waals surface area contributed by atoms with Crippen LogP contribution in [0.3, 0.4) is 0 Å². The molecule has 104 valence electrons. The molecule has 0 spiro atoms. The topological polar surface area (TPSA) is 58.9 Å². The molecule has 2 aliphatic rings. The highest BCUT2D eigenvalue weighted by Gasteiger charge is 2.19. The summed E-state index contributed by atoms with van der Waals surface area (Å²) in [5, 5.41) is 11.9. The molecule has 2 aliphatic heterocycles. The molecule has 0 unspecified atom stereocenters. The molecule has 4 heterocycles. The number of hydrogen-bond acceptors (Lipinski definition) is 5. The maximum absolute atomic E-state index is 4.79. The van der Waals surface area contributed by atoms with Crippen molar-refractivity contribution < 1.29 is 0 Å². The van der Waals surface area contributed by atoms with Crippen molar-refractivity contribution in [3.8, 4) is 11.5 Å². The Morgan fingerprint density at radius 1 is 1.05 bits per heavy atom. The number of aromatic nitrogens is 4. The zero-order valence-corrected chi connectivity index (χ0v) is 11.4. The molecule has 6 heteroatoms. The van der Waals surface area contributed by atoms with Gasteiger partial charge in [0.05, 0.1) is 6.54 Å². The van der Waals surface area contributed by atoms with Crippen LogP contribution in [0.2, 0.25) is 0 Å². The molecule has 0 saturated carbocycles. The fraction of sp³-hybridized carbons (Fsp3) is 0.500. The van der Waals surface area contributed by atoms with Gasteiger partial charge in [-0.15, -0.1) is 10.2 Å². The second kappa shape index (κ2) is 4.86. The fourth-order valence-electron chi connectivity index (χ4n) is 2.95. The lowest BCUT2D eigenvalue weighted by Crippen LogP contribution is -2.28. The lowest BCUT2D eigenvalue weighted by atomic mass is 10.3. The second-order valence-corrected chi connectivity index (χ2v) is 5.34. The highest BCUT2D eigenvalue weighted by molar-refractivity contribution is 5.55. The summed E-state index contributed by atoms with van der Waals surface area (Å²) in [5.74, 6) is 2.95. The molecule has 2 aromatic heterocycles. The van der Waals surface area contributed by atoms with Crippen LogP contribution in [0.5, 0.6) is 0 Å². The first-order valence-electron chi connectivity index (χ1n) is 7.27. The largest absolute Gasteiger partial charge is 0.357 e. The number of rotatable bonds is 2. The third kappa shape index (κ3) is 1.96. The number of pyridine rings is 1. The van der Waals surface area contributed by atoms with Gasteiger partial charge < -0.3 is 14.8 Å². The van der Waals surface area contributed by atoms with E-state index in [9.17, 15) is 0 Å². The normalized spacial score (nSPS) is 18.3. The number of anilines is 1. The van der Waals surface area contributed by atoms with Crippen molar-refractivity contribution in [3.63, 3.8) is 0 Å². The van der Waals surface area contributed by atoms with Gasteiger partial charge in [-0.3, -0.25) is 0 Å². The first-order valence-corrected chi connectivity index (χ1v) is 7.27. The Labute approximate surface area is 117 Å². The van der Waals surface area contributed by atoms with Gasteiger partial charge in [0.25, 0.3) is 0 Å². The lowest BCUT2D eigenvalue weighted by molar-refractivity contribution is 0.508. The molecule has 1 fully saturated rings. The Hall–Kier alpha value is -1.95. The SMILES string of the molecule is c1cc(-c2nnc3n2CCNC3)nc(N2CCCC2)c1. The van der Waals surface area contributed by atoms with Gasteiger partial charge in [-0.1, -0.05) is 6.07 Å². The quantitative estimate of drug-likeness (QED) is 0.883. The minimum Gasteiger partial charge on any atom is -0.357 e. The molecule has 20 heavy (non-hydrogen) atoms. The summed E-state index contributed by atoms with van der Waals surface area (Å²) in [7, 11) is 0. The minimum atomic E-state index is 0.790. The third-order valence-corrected chi connectivity index (χ3v) is 4.02. The average molecular weight is 270 g/mol. The Balaban J connectivity index is 1.71. The van der Waals surface area contributed by atoms with Gasteiger partial charge in [0.2, 0.25) is 0 Å². The predicted molar refractivity (Wildman–Crippen MR) is 76.4 cm³/mol. The molecule has 0 bridgehead atoms. The maximum Gasteiger partial charge on any atom is 0.182 e. The van der Waals surface area contributed by atoms with Crippen LogP contribution in [-0.4, -0.2) is 39.4 Å². The van der Waals surface area contributed by atoms with E-state index in [0.29, 0.717) is 0 Å². The Morgan fingerprint density at radius 2 is 1.95 bits per heavy atom. The van der Waals surface area contributed by atoms with Crippen molar-refractivity contribution in [2.75, 3.05) is 24.5 Å². The Morgan fingerprint density at radius 3 is 2.85 bits per heavy atom. The van der Waals surface area contributed by atoms with Gasteiger partial charge in [-0.2, -0.15) is 0 Å². The van der Waals surface area contributed by atoms with Crippen LogP contribution >= 0.6 is 0 Å². The van der Waals surface area contributed by atoms with Crippen molar-refractivity contribution >= 4 is 5.82 Å². The predicted octanol–water partition coefficient (Wildman–Crippen LogP) is 1.04. The molecule has 0 aliphatic carbocycles. The molecule has 0 radical (unpaired) electrons. The lowest BCUT2D eigenvalue weighted by Gasteiger charge is -2.18. The summed E-state index contributed by atoms with van der Waals surface area (Å²) in [6.07, 6.45) is 2.52. The summed E-state index contributed by atoms with van der Waals surface area (Å²) in [6, 6.07) is 6.18. The van der Waals surface area contributed by atoms with Crippen LogP contribution in [0.15, 0.2) is 18.2 Å². The van der Waals surface area contributed by atoms with Crippen molar-refractivity contribution in [1.82, 2.24) is 25.1 Å². The van der Waals surface area contributed by atoms with E-state index in [4.69, 9.17) is 4.98 Å². The van der Waals surface area contributed by atoms with Crippen LogP contribution in [0, 0.1) is 0 Å². The first kappa shape index (κ1) is 11.8. The van der Waals surface area contributed by atoms with Crippen LogP contribution in [0.1, 0.15) is 18.7 Å². The summed E-state index contributed by atoms with van der Waals surface area (Å²) in [4.78, 5) is 7.13. The number of hydrogen-bond donors (Lipinski definition) is 1. The molecule has 6 nitrogen and oxygen atoms in total. The molecule has 0 atom stereocenters. The highest BCUT2D eigenvalue weighted by atomic mass is 15.3. The molecule has 1 N–H and O–H groups in total. The zero-order valence-electron chi connectivity index (χ0n) is 11.4. The van der Waals surface area contributed by atoms with E-state index < -0.39 is 0 Å². The van der Waals surface area contributed by atoms with E-state index in [1.807, 2.05) is 6.07 Å². The number of fused-ring (bicyclic) bond motifs is 1. The van der Waals surface area contributed by atoms with Gasteiger partial charge >= 0.3 is 0 Å². The first-order chi connectivity index (χ1) is 9.92. The number of nitrogens with zero attached hydrogens (tertiary/aromatic N) is 5. The van der Waals surface area contributed by atoms with Crippen LogP contribution in [-0.2, 0) is 13.1 Å². The molecule has 0 amide bonds. The zero-order chi connectivity index (χ0) is 13.4. The van der Waals surface area contributed by atoms with Crippen LogP contribution < -0.4 is 10.2 Å². The Bertz CT molecular complexity index is 614. The average Bonchev–Trinajstić information content (AvgIpc) is 3.17. The van der Waals surface area contributed by atoms with E-state index in [1.165, 1.54) is 12.8 Å². The molecular formula is C14H18N6. The fourth-order valence-corrected chi connectivity index (χ4v) is 2.95. The second-order valence-electron chi connectivity index (χ2n) is 5.34. The van der Waals surface area contributed by atoms with Crippen LogP contribution in [0.25, 0.3) is 11.5 Å². The molecular weight excluding hydrogens is 252 g/mol. The van der Waals surface area contributed by atoms with Gasteiger partial charge in [0.1, 0.15) is 17.3 Å². The minimum absolute atomic E-state index is 0.790.